The highest BCUT2D eigenvalue weighted by atomic mass is 32.1. The van der Waals surface area contributed by atoms with Gasteiger partial charge < -0.3 is 5.43 Å². The number of rotatable bonds is 2. The summed E-state index contributed by atoms with van der Waals surface area (Å²) in [6.45, 7) is 0. The first-order valence-electron chi connectivity index (χ1n) is 4.40. The Balaban J connectivity index is 2.57. The van der Waals surface area contributed by atoms with E-state index in [0.717, 1.165) is 5.01 Å². The molecule has 4 heteroatoms. The normalized spacial score (nSPS) is 11.3. The second-order valence-electron chi connectivity index (χ2n) is 2.95. The maximum absolute atomic E-state index is 4.01. The Morgan fingerprint density at radius 1 is 1.43 bits per heavy atom. The van der Waals surface area contributed by atoms with Crippen molar-refractivity contribution in [3.8, 4) is 0 Å². The van der Waals surface area contributed by atoms with E-state index < -0.39 is 0 Å². The Hall–Kier alpha value is -1.42. The highest BCUT2D eigenvalue weighted by Crippen LogP contribution is 2.17. The number of hydrazone groups is 1. The zero-order chi connectivity index (χ0) is 9.97. The molecule has 0 amide bonds. The molecule has 0 aliphatic rings. The molecule has 0 saturated carbocycles. The minimum Gasteiger partial charge on any atom is -0.313 e. The second-order valence-corrected chi connectivity index (χ2v) is 4.01. The van der Waals surface area contributed by atoms with Crippen LogP contribution in [0.1, 0.15) is 5.01 Å². The third kappa shape index (κ3) is 1.48. The fourth-order valence-electron chi connectivity index (χ4n) is 1.35. The molecule has 1 N–H and O–H groups in total. The number of aryl methyl sites for hydroxylation is 1. The molecular formula is C10H12N3S+. The van der Waals surface area contributed by atoms with Crippen LogP contribution >= 0.6 is 11.3 Å². The third-order valence-corrected chi connectivity index (χ3v) is 3.23. The lowest BCUT2D eigenvalue weighted by molar-refractivity contribution is -0.641. The van der Waals surface area contributed by atoms with Crippen molar-refractivity contribution in [2.24, 2.45) is 12.1 Å². The molecule has 2 rings (SSSR count). The lowest BCUT2D eigenvalue weighted by atomic mass is 10.3. The molecular weight excluding hydrogens is 194 g/mol. The fraction of sp³-hybridized carbons (Fsp3) is 0.200. The van der Waals surface area contributed by atoms with Crippen LogP contribution in [0.4, 0.5) is 0 Å². The number of nitrogens with one attached hydrogen (secondary N) is 1. The van der Waals surface area contributed by atoms with Crippen molar-refractivity contribution < 1.29 is 4.57 Å². The first-order valence-corrected chi connectivity index (χ1v) is 5.22. The number of fused-ring (bicyclic) bond motifs is 1. The van der Waals surface area contributed by atoms with Crippen LogP contribution in [0.5, 0.6) is 0 Å². The number of benzene rings is 1. The van der Waals surface area contributed by atoms with Gasteiger partial charge in [0.25, 0.3) is 5.01 Å². The Labute approximate surface area is 86.7 Å². The van der Waals surface area contributed by atoms with Gasteiger partial charge in [-0.25, -0.2) is 0 Å². The van der Waals surface area contributed by atoms with E-state index in [2.05, 4.69) is 40.3 Å². The van der Waals surface area contributed by atoms with Gasteiger partial charge in [-0.3, -0.25) is 0 Å². The number of thiazole rings is 1. The molecule has 0 bridgehead atoms. The molecule has 0 aliphatic heterocycles. The van der Waals surface area contributed by atoms with Gasteiger partial charge in [-0.15, -0.1) is 0 Å². The molecule has 72 valence electrons. The molecule has 1 heterocycles. The fourth-order valence-corrected chi connectivity index (χ4v) is 2.38. The number of hydrogen-bond donors (Lipinski definition) is 1. The largest absolute Gasteiger partial charge is 0.313 e. The van der Waals surface area contributed by atoms with Crippen LogP contribution in [0, 0.1) is 0 Å². The molecule has 0 spiro atoms. The summed E-state index contributed by atoms with van der Waals surface area (Å²) in [5.41, 5.74) is 4.00. The monoisotopic (exact) mass is 206 g/mol. The van der Waals surface area contributed by atoms with E-state index in [0.29, 0.717) is 0 Å². The Morgan fingerprint density at radius 3 is 2.93 bits per heavy atom. The molecule has 1 aromatic carbocycles. The quantitative estimate of drug-likeness (QED) is 0.447. The Morgan fingerprint density at radius 2 is 2.21 bits per heavy atom. The highest BCUT2D eigenvalue weighted by Gasteiger charge is 2.13. The van der Waals surface area contributed by atoms with E-state index in [4.69, 9.17) is 0 Å². The summed E-state index contributed by atoms with van der Waals surface area (Å²) >= 11 is 1.74. The lowest BCUT2D eigenvalue weighted by Crippen LogP contribution is -2.30. The molecule has 0 saturated heterocycles. The van der Waals surface area contributed by atoms with Crippen LogP contribution in [-0.4, -0.2) is 13.3 Å². The van der Waals surface area contributed by atoms with Crippen LogP contribution in [-0.2, 0) is 7.05 Å². The van der Waals surface area contributed by atoms with Crippen LogP contribution in [0.3, 0.4) is 0 Å². The summed E-state index contributed by atoms with van der Waals surface area (Å²) in [6, 6.07) is 8.34. The van der Waals surface area contributed by atoms with Crippen molar-refractivity contribution in [2.75, 3.05) is 7.05 Å². The lowest BCUT2D eigenvalue weighted by Gasteiger charge is -1.85. The van der Waals surface area contributed by atoms with Crippen molar-refractivity contribution in [1.82, 2.24) is 5.43 Å². The van der Waals surface area contributed by atoms with Crippen LogP contribution in [0.2, 0.25) is 0 Å². The first kappa shape index (κ1) is 9.15. The maximum Gasteiger partial charge on any atom is 0.282 e. The van der Waals surface area contributed by atoms with Crippen molar-refractivity contribution in [3.05, 3.63) is 29.3 Å². The smallest absolute Gasteiger partial charge is 0.282 e. The summed E-state index contributed by atoms with van der Waals surface area (Å²) in [6.07, 6.45) is 1.84. The minimum atomic E-state index is 1.14. The number of hydrogen-bond acceptors (Lipinski definition) is 3. The SMILES string of the molecule is CNN=Cc1sc2ccccc2[n+]1C. The van der Waals surface area contributed by atoms with Gasteiger partial charge in [0, 0.05) is 13.1 Å². The zero-order valence-corrected chi connectivity index (χ0v) is 9.01. The summed E-state index contributed by atoms with van der Waals surface area (Å²) in [4.78, 5) is 0. The molecule has 1 aromatic heterocycles. The molecule has 0 aliphatic carbocycles. The van der Waals surface area contributed by atoms with E-state index in [1.807, 2.05) is 12.3 Å². The summed E-state index contributed by atoms with van der Waals surface area (Å²) in [5.74, 6) is 0. The topological polar surface area (TPSA) is 28.3 Å². The summed E-state index contributed by atoms with van der Waals surface area (Å²) in [5, 5.41) is 5.15. The number of para-hydroxylation sites is 1. The Kier molecular flexibility index (Phi) is 2.45. The number of nitrogens with zero attached hydrogens (tertiary/aromatic N) is 2. The summed E-state index contributed by atoms with van der Waals surface area (Å²) < 4.78 is 3.42. The summed E-state index contributed by atoms with van der Waals surface area (Å²) in [7, 11) is 3.85. The van der Waals surface area contributed by atoms with E-state index in [1.165, 1.54) is 10.2 Å². The predicted molar refractivity (Wildman–Crippen MR) is 59.7 cm³/mol. The Bertz CT molecular complexity index is 473. The molecule has 2 aromatic rings. The van der Waals surface area contributed by atoms with Crippen LogP contribution < -0.4 is 9.99 Å². The van der Waals surface area contributed by atoms with Crippen molar-refractivity contribution in [2.45, 2.75) is 0 Å². The van der Waals surface area contributed by atoms with Gasteiger partial charge in [0.15, 0.2) is 0 Å². The van der Waals surface area contributed by atoms with Gasteiger partial charge in [-0.1, -0.05) is 23.5 Å². The van der Waals surface area contributed by atoms with Crippen molar-refractivity contribution >= 4 is 27.8 Å². The van der Waals surface area contributed by atoms with Gasteiger partial charge in [-0.2, -0.15) is 9.67 Å². The average Bonchev–Trinajstić information content (AvgIpc) is 2.54. The van der Waals surface area contributed by atoms with Gasteiger partial charge in [0.1, 0.15) is 18.0 Å². The first-order chi connectivity index (χ1) is 6.83. The number of aromatic nitrogens is 1. The van der Waals surface area contributed by atoms with Crippen molar-refractivity contribution in [3.63, 3.8) is 0 Å². The predicted octanol–water partition coefficient (Wildman–Crippen LogP) is 1.28. The standard InChI is InChI=1S/C10H11N3S/c1-11-12-7-10-13(2)8-5-3-4-6-9(8)14-10/h3-7H,1-2H3/p+1. The second kappa shape index (κ2) is 3.75. The molecule has 0 fully saturated rings. The molecule has 3 nitrogen and oxygen atoms in total. The average molecular weight is 206 g/mol. The maximum atomic E-state index is 4.01. The molecule has 0 unspecified atom stereocenters. The van der Waals surface area contributed by atoms with Crippen LogP contribution in [0.25, 0.3) is 10.2 Å². The molecule has 0 atom stereocenters. The third-order valence-electron chi connectivity index (χ3n) is 2.08. The minimum absolute atomic E-state index is 1.14. The van der Waals surface area contributed by atoms with E-state index in [9.17, 15) is 0 Å². The zero-order valence-electron chi connectivity index (χ0n) is 8.19. The molecule has 14 heavy (non-hydrogen) atoms. The van der Waals surface area contributed by atoms with Gasteiger partial charge in [-0.05, 0) is 6.07 Å². The van der Waals surface area contributed by atoms with E-state index in [1.54, 1.807) is 18.4 Å². The highest BCUT2D eigenvalue weighted by molar-refractivity contribution is 7.19. The van der Waals surface area contributed by atoms with Crippen LogP contribution in [0.15, 0.2) is 29.4 Å². The van der Waals surface area contributed by atoms with E-state index in [-0.39, 0.29) is 0 Å². The van der Waals surface area contributed by atoms with E-state index >= 15 is 0 Å². The molecule has 0 radical (unpaired) electrons. The van der Waals surface area contributed by atoms with Gasteiger partial charge in [0.2, 0.25) is 5.52 Å². The van der Waals surface area contributed by atoms with Gasteiger partial charge >= 0.3 is 0 Å². The van der Waals surface area contributed by atoms with Gasteiger partial charge in [0.05, 0.1) is 0 Å². The van der Waals surface area contributed by atoms with Crippen molar-refractivity contribution in [1.29, 1.82) is 0 Å².